The summed E-state index contributed by atoms with van der Waals surface area (Å²) in [5, 5.41) is 10.8. The molecule has 45 heavy (non-hydrogen) atoms. The van der Waals surface area contributed by atoms with Crippen molar-refractivity contribution in [1.29, 1.82) is 0 Å². The van der Waals surface area contributed by atoms with Gasteiger partial charge >= 0.3 is 24.0 Å². The van der Waals surface area contributed by atoms with Gasteiger partial charge in [0.15, 0.2) is 0 Å². The van der Waals surface area contributed by atoms with E-state index in [1.165, 1.54) is 12.1 Å². The van der Waals surface area contributed by atoms with Crippen LogP contribution in [0.3, 0.4) is 0 Å². The number of aromatic nitrogens is 2. The van der Waals surface area contributed by atoms with Gasteiger partial charge in [0, 0.05) is 30.5 Å². The van der Waals surface area contributed by atoms with Crippen molar-refractivity contribution in [2.75, 3.05) is 36.9 Å². The van der Waals surface area contributed by atoms with E-state index in [1.54, 1.807) is 31.2 Å². The summed E-state index contributed by atoms with van der Waals surface area (Å²) in [6.07, 6.45) is 5.50. The van der Waals surface area contributed by atoms with Crippen LogP contribution in [0.4, 0.5) is 21.2 Å². The van der Waals surface area contributed by atoms with Crippen LogP contribution in [0.25, 0.3) is 6.08 Å². The highest BCUT2D eigenvalue weighted by molar-refractivity contribution is 6.17. The molecule has 0 saturated heterocycles. The molecule has 2 rings (SSSR count). The zero-order chi connectivity index (χ0) is 33.2. The van der Waals surface area contributed by atoms with Crippen LogP contribution in [0.5, 0.6) is 0 Å². The van der Waals surface area contributed by atoms with Crippen molar-refractivity contribution in [3.63, 3.8) is 0 Å². The molecule has 13 heteroatoms. The molecule has 1 heterocycles. The number of H-pyrrole nitrogens is 1. The van der Waals surface area contributed by atoms with E-state index in [4.69, 9.17) is 9.47 Å². The summed E-state index contributed by atoms with van der Waals surface area (Å²) in [5.41, 5.74) is 1.10. The summed E-state index contributed by atoms with van der Waals surface area (Å²) >= 11 is 0. The highest BCUT2D eigenvalue weighted by Gasteiger charge is 2.22. The van der Waals surface area contributed by atoms with Gasteiger partial charge in [-0.05, 0) is 55.4 Å². The van der Waals surface area contributed by atoms with Gasteiger partial charge in [-0.1, -0.05) is 59.1 Å². The quantitative estimate of drug-likeness (QED) is 0.0548. The molecule has 5 N–H and O–H groups in total. The molecule has 1 unspecified atom stereocenters. The molecule has 1 aromatic carbocycles. The van der Waals surface area contributed by atoms with Gasteiger partial charge in [0.25, 0.3) is 5.56 Å². The Morgan fingerprint density at radius 3 is 2.00 bits per heavy atom. The third-order valence-corrected chi connectivity index (χ3v) is 6.45. The largest absolute Gasteiger partial charge is 0.462 e. The lowest BCUT2D eigenvalue weighted by Crippen LogP contribution is -2.31. The maximum atomic E-state index is 12.7. The van der Waals surface area contributed by atoms with E-state index in [0.29, 0.717) is 30.0 Å². The number of ether oxygens (including phenoxy) is 2. The fourth-order valence-electron chi connectivity index (χ4n) is 3.74. The van der Waals surface area contributed by atoms with Gasteiger partial charge < -0.3 is 30.4 Å². The van der Waals surface area contributed by atoms with Gasteiger partial charge in [-0.3, -0.25) is 10.1 Å². The molecule has 0 aliphatic heterocycles. The molecule has 0 aliphatic rings. The minimum absolute atomic E-state index is 0.0948. The molecule has 2 aromatic rings. The van der Waals surface area contributed by atoms with E-state index in [2.05, 4.69) is 31.2 Å². The average Bonchev–Trinajstić information content (AvgIpc) is 2.98. The van der Waals surface area contributed by atoms with E-state index in [9.17, 15) is 24.0 Å². The molecule has 0 aliphatic carbocycles. The molecule has 0 bridgehead atoms. The summed E-state index contributed by atoms with van der Waals surface area (Å²) in [7, 11) is 0. The van der Waals surface area contributed by atoms with Gasteiger partial charge in [0.05, 0.1) is 13.2 Å². The first kappa shape index (κ1) is 36.5. The van der Waals surface area contributed by atoms with Crippen LogP contribution in [-0.2, 0) is 19.1 Å². The van der Waals surface area contributed by atoms with Gasteiger partial charge in [0.2, 0.25) is 5.95 Å². The van der Waals surface area contributed by atoms with Gasteiger partial charge in [0.1, 0.15) is 5.57 Å². The molecule has 13 nitrogen and oxygen atoms in total. The summed E-state index contributed by atoms with van der Waals surface area (Å²) in [5.74, 6) is -1.10. The average molecular weight is 627 g/mol. The fourth-order valence-corrected chi connectivity index (χ4v) is 3.74. The van der Waals surface area contributed by atoms with Crippen LogP contribution in [0.1, 0.15) is 71.1 Å². The minimum Gasteiger partial charge on any atom is -0.462 e. The molecule has 0 fully saturated rings. The molecule has 4 amide bonds. The number of unbranched alkanes of at least 4 members (excludes halogenated alkanes) is 3. The highest BCUT2D eigenvalue weighted by atomic mass is 16.6. The molecule has 0 radical (unpaired) electrons. The lowest BCUT2D eigenvalue weighted by Gasteiger charge is -2.13. The normalized spacial score (nSPS) is 11.8. The molecule has 1 aromatic heterocycles. The number of carbonyl (C=O) groups is 4. The Labute approximate surface area is 264 Å². The van der Waals surface area contributed by atoms with Crippen LogP contribution in [-0.4, -0.2) is 60.3 Å². The van der Waals surface area contributed by atoms with Crippen molar-refractivity contribution in [2.24, 2.45) is 11.8 Å². The monoisotopic (exact) mass is 626 g/mol. The lowest BCUT2D eigenvalue weighted by atomic mass is 10.1. The number of amides is 4. The second-order valence-electron chi connectivity index (χ2n) is 11.2. The Morgan fingerprint density at radius 1 is 0.867 bits per heavy atom. The number of hydrogen-bond donors (Lipinski definition) is 5. The summed E-state index contributed by atoms with van der Waals surface area (Å²) < 4.78 is 10.6. The number of nitrogens with one attached hydrogen (secondary N) is 5. The lowest BCUT2D eigenvalue weighted by molar-refractivity contribution is -0.148. The van der Waals surface area contributed by atoms with Crippen molar-refractivity contribution in [1.82, 2.24) is 20.6 Å². The van der Waals surface area contributed by atoms with Crippen LogP contribution >= 0.6 is 0 Å². The van der Waals surface area contributed by atoms with Crippen molar-refractivity contribution >= 4 is 41.7 Å². The summed E-state index contributed by atoms with van der Waals surface area (Å²) in [6.45, 7) is 10.8. The first-order valence-corrected chi connectivity index (χ1v) is 15.3. The molecule has 0 spiro atoms. The van der Waals surface area contributed by atoms with Crippen LogP contribution in [0.15, 0.2) is 40.7 Å². The number of aryl methyl sites for hydroxylation is 1. The number of benzene rings is 1. The second kappa shape index (κ2) is 19.6. The van der Waals surface area contributed by atoms with E-state index in [0.717, 1.165) is 32.1 Å². The maximum absolute atomic E-state index is 12.7. The Morgan fingerprint density at radius 2 is 1.44 bits per heavy atom. The van der Waals surface area contributed by atoms with E-state index < -0.39 is 23.5 Å². The number of nitrogens with zero attached hydrogens (tertiary/aromatic N) is 1. The Balaban J connectivity index is 1.73. The predicted octanol–water partition coefficient (Wildman–Crippen LogP) is 4.75. The van der Waals surface area contributed by atoms with Gasteiger partial charge in [-0.25, -0.2) is 19.2 Å². The van der Waals surface area contributed by atoms with E-state index in [-0.39, 0.29) is 42.6 Å². The predicted molar refractivity (Wildman–Crippen MR) is 173 cm³/mol. The summed E-state index contributed by atoms with van der Waals surface area (Å²) in [6, 6.07) is 7.23. The van der Waals surface area contributed by atoms with Crippen molar-refractivity contribution < 1.29 is 28.7 Å². The molecule has 246 valence electrons. The maximum Gasteiger partial charge on any atom is 0.345 e. The standard InChI is InChI=1S/C32H46N6O7/c1-6-22(4)20-45-29(41)26(28(40)44-19-21(2)3)18-24-11-13-25(14-12-24)36-31(42)33-15-9-7-8-10-16-34-32(43)38-30-35-23(5)17-27(39)37-30/h11-14,17-18,21-22H,6-10,15-16,19-20H2,1-5H3,(H2,33,36,42)(H3,34,35,37,38,39,43)/b26-18+. The third-order valence-electron chi connectivity index (χ3n) is 6.45. The third kappa shape index (κ3) is 15.1. The number of rotatable bonds is 17. The van der Waals surface area contributed by atoms with Gasteiger partial charge in [-0.2, -0.15) is 4.98 Å². The Hall–Kier alpha value is -4.68. The zero-order valence-electron chi connectivity index (χ0n) is 26.8. The van der Waals surface area contributed by atoms with Crippen LogP contribution in [0, 0.1) is 18.8 Å². The number of aromatic amines is 1. The number of esters is 2. The molecule has 0 saturated carbocycles. The van der Waals surface area contributed by atoms with Crippen molar-refractivity contribution in [3.05, 3.63) is 57.5 Å². The second-order valence-corrected chi connectivity index (χ2v) is 11.2. The molecule has 1 atom stereocenters. The smallest absolute Gasteiger partial charge is 0.345 e. The first-order valence-electron chi connectivity index (χ1n) is 15.3. The van der Waals surface area contributed by atoms with Crippen molar-refractivity contribution in [3.8, 4) is 0 Å². The number of urea groups is 2. The van der Waals surface area contributed by atoms with Crippen molar-refractivity contribution in [2.45, 2.75) is 66.7 Å². The summed E-state index contributed by atoms with van der Waals surface area (Å²) in [4.78, 5) is 67.4. The molecular weight excluding hydrogens is 580 g/mol. The zero-order valence-corrected chi connectivity index (χ0v) is 26.8. The van der Waals surface area contributed by atoms with E-state index >= 15 is 0 Å². The van der Waals surface area contributed by atoms with Crippen LogP contribution < -0.4 is 26.8 Å². The fraction of sp³-hybridized carbons (Fsp3) is 0.500. The SMILES string of the molecule is CCC(C)COC(=O)/C(=C/c1ccc(NC(=O)NCCCCCCNC(=O)Nc2nc(=O)cc(C)[nH]2)cc1)C(=O)OCC(C)C. The first-order chi connectivity index (χ1) is 21.5. The topological polar surface area (TPSA) is 181 Å². The number of carbonyl (C=O) groups excluding carboxylic acids is 4. The van der Waals surface area contributed by atoms with Gasteiger partial charge in [-0.15, -0.1) is 0 Å². The minimum atomic E-state index is -0.740. The van der Waals surface area contributed by atoms with E-state index in [1.807, 2.05) is 27.7 Å². The Kier molecular flexibility index (Phi) is 15.9. The highest BCUT2D eigenvalue weighted by Crippen LogP contribution is 2.16. The number of hydrogen-bond acceptors (Lipinski definition) is 8. The number of anilines is 2. The Bertz CT molecular complexity index is 1350. The molecular formula is C32H46N6O7. The van der Waals surface area contributed by atoms with Crippen LogP contribution in [0.2, 0.25) is 0 Å².